The van der Waals surface area contributed by atoms with Crippen molar-refractivity contribution in [1.82, 2.24) is 5.32 Å². The lowest BCUT2D eigenvalue weighted by atomic mass is 10.2. The SMILES string of the molecule is C#CCCCC(=O)NCCOCCC(N)C(=O)O. The number of nitrogens with two attached hydrogens (primary N) is 1. The number of carbonyl (C=O) groups excluding carboxylic acids is 1. The Morgan fingerprint density at radius 3 is 2.78 bits per heavy atom. The predicted molar refractivity (Wildman–Crippen MR) is 66.7 cm³/mol. The normalized spacial score (nSPS) is 11.6. The van der Waals surface area contributed by atoms with Crippen molar-refractivity contribution in [3.8, 4) is 12.3 Å². The van der Waals surface area contributed by atoms with E-state index in [1.165, 1.54) is 0 Å². The summed E-state index contributed by atoms with van der Waals surface area (Å²) in [6.07, 6.45) is 7.00. The Bertz CT molecular complexity index is 299. The Morgan fingerprint density at radius 2 is 2.17 bits per heavy atom. The summed E-state index contributed by atoms with van der Waals surface area (Å²) in [6.45, 7) is 1.00. The highest BCUT2D eigenvalue weighted by Crippen LogP contribution is 1.93. The van der Waals surface area contributed by atoms with Crippen molar-refractivity contribution >= 4 is 11.9 Å². The number of hydrogen-bond donors (Lipinski definition) is 3. The Hall–Kier alpha value is -1.58. The van der Waals surface area contributed by atoms with Crippen LogP contribution in [-0.2, 0) is 14.3 Å². The number of carboxylic acid groups (broad SMARTS) is 1. The fourth-order valence-electron chi connectivity index (χ4n) is 1.14. The zero-order valence-corrected chi connectivity index (χ0v) is 10.4. The highest BCUT2D eigenvalue weighted by molar-refractivity contribution is 5.75. The second-order valence-electron chi connectivity index (χ2n) is 3.75. The summed E-state index contributed by atoms with van der Waals surface area (Å²) in [6, 6.07) is -0.900. The van der Waals surface area contributed by atoms with Crippen molar-refractivity contribution in [2.45, 2.75) is 31.7 Å². The minimum absolute atomic E-state index is 0.0592. The second-order valence-corrected chi connectivity index (χ2v) is 3.75. The van der Waals surface area contributed by atoms with Gasteiger partial charge < -0.3 is 20.9 Å². The van der Waals surface area contributed by atoms with E-state index in [1.54, 1.807) is 0 Å². The van der Waals surface area contributed by atoms with Crippen LogP contribution in [0.1, 0.15) is 25.7 Å². The lowest BCUT2D eigenvalue weighted by Gasteiger charge is -2.08. The van der Waals surface area contributed by atoms with E-state index in [-0.39, 0.29) is 18.9 Å². The van der Waals surface area contributed by atoms with Crippen LogP contribution in [0.15, 0.2) is 0 Å². The molecule has 0 aliphatic carbocycles. The summed E-state index contributed by atoms with van der Waals surface area (Å²) in [5, 5.41) is 11.2. The summed E-state index contributed by atoms with van der Waals surface area (Å²) < 4.78 is 5.14. The zero-order valence-electron chi connectivity index (χ0n) is 10.4. The fourth-order valence-corrected chi connectivity index (χ4v) is 1.14. The van der Waals surface area contributed by atoms with Crippen LogP contribution < -0.4 is 11.1 Å². The van der Waals surface area contributed by atoms with Gasteiger partial charge in [-0.3, -0.25) is 9.59 Å². The maximum Gasteiger partial charge on any atom is 0.320 e. The van der Waals surface area contributed by atoms with Gasteiger partial charge in [-0.1, -0.05) is 0 Å². The van der Waals surface area contributed by atoms with Gasteiger partial charge in [0.25, 0.3) is 0 Å². The summed E-state index contributed by atoms with van der Waals surface area (Å²) in [5.41, 5.74) is 5.28. The van der Waals surface area contributed by atoms with Gasteiger partial charge in [0.2, 0.25) is 5.91 Å². The average molecular weight is 256 g/mol. The quantitative estimate of drug-likeness (QED) is 0.369. The van der Waals surface area contributed by atoms with Crippen LogP contribution in [0.3, 0.4) is 0 Å². The molecule has 102 valence electrons. The third-order valence-corrected chi connectivity index (χ3v) is 2.18. The largest absolute Gasteiger partial charge is 0.480 e. The number of unbranched alkanes of at least 4 members (excludes halogenated alkanes) is 1. The molecule has 0 heterocycles. The summed E-state index contributed by atoms with van der Waals surface area (Å²) in [4.78, 5) is 21.6. The monoisotopic (exact) mass is 256 g/mol. The zero-order chi connectivity index (χ0) is 13.8. The highest BCUT2D eigenvalue weighted by Gasteiger charge is 2.10. The summed E-state index contributed by atoms with van der Waals surface area (Å²) in [5.74, 6) is 1.36. The number of terminal acetylenes is 1. The van der Waals surface area contributed by atoms with Crippen molar-refractivity contribution in [2.24, 2.45) is 5.73 Å². The van der Waals surface area contributed by atoms with Crippen molar-refractivity contribution in [2.75, 3.05) is 19.8 Å². The molecule has 0 radical (unpaired) electrons. The molecule has 18 heavy (non-hydrogen) atoms. The molecule has 1 atom stereocenters. The third-order valence-electron chi connectivity index (χ3n) is 2.18. The van der Waals surface area contributed by atoms with Crippen LogP contribution in [0, 0.1) is 12.3 Å². The Labute approximate surface area is 107 Å². The Balaban J connectivity index is 3.32. The molecule has 1 amide bonds. The Morgan fingerprint density at radius 1 is 1.44 bits per heavy atom. The number of amides is 1. The number of rotatable bonds is 10. The smallest absolute Gasteiger partial charge is 0.320 e. The molecule has 0 rings (SSSR count). The maximum absolute atomic E-state index is 11.2. The molecule has 0 aromatic carbocycles. The van der Waals surface area contributed by atoms with Gasteiger partial charge >= 0.3 is 5.97 Å². The lowest BCUT2D eigenvalue weighted by molar-refractivity contribution is -0.139. The van der Waals surface area contributed by atoms with Gasteiger partial charge in [-0.2, -0.15) is 0 Å². The van der Waals surface area contributed by atoms with Crippen molar-refractivity contribution in [3.63, 3.8) is 0 Å². The van der Waals surface area contributed by atoms with E-state index in [1.807, 2.05) is 0 Å². The van der Waals surface area contributed by atoms with Crippen molar-refractivity contribution < 1.29 is 19.4 Å². The molecule has 6 nitrogen and oxygen atoms in total. The average Bonchev–Trinajstić information content (AvgIpc) is 2.33. The Kier molecular flexibility index (Phi) is 9.64. The highest BCUT2D eigenvalue weighted by atomic mass is 16.5. The van der Waals surface area contributed by atoms with Gasteiger partial charge in [-0.05, 0) is 12.8 Å². The molecule has 0 aliphatic heterocycles. The number of carbonyl (C=O) groups is 2. The van der Waals surface area contributed by atoms with Gasteiger partial charge in [-0.25, -0.2) is 0 Å². The van der Waals surface area contributed by atoms with Crippen LogP contribution in [0.5, 0.6) is 0 Å². The number of aliphatic carboxylic acids is 1. The van der Waals surface area contributed by atoms with Crippen LogP contribution in [0.2, 0.25) is 0 Å². The molecule has 6 heteroatoms. The van der Waals surface area contributed by atoms with E-state index in [2.05, 4.69) is 11.2 Å². The number of ether oxygens (including phenoxy) is 1. The summed E-state index contributed by atoms with van der Waals surface area (Å²) in [7, 11) is 0. The van der Waals surface area contributed by atoms with Crippen LogP contribution in [0.4, 0.5) is 0 Å². The number of hydrogen-bond acceptors (Lipinski definition) is 4. The third kappa shape index (κ3) is 9.63. The van der Waals surface area contributed by atoms with E-state index < -0.39 is 12.0 Å². The first-order valence-electron chi connectivity index (χ1n) is 5.84. The van der Waals surface area contributed by atoms with Gasteiger partial charge in [0.15, 0.2) is 0 Å². The van der Waals surface area contributed by atoms with E-state index in [4.69, 9.17) is 22.0 Å². The first-order valence-corrected chi connectivity index (χ1v) is 5.84. The fraction of sp³-hybridized carbons (Fsp3) is 0.667. The topological polar surface area (TPSA) is 102 Å². The van der Waals surface area contributed by atoms with Gasteiger partial charge in [-0.15, -0.1) is 12.3 Å². The molecule has 1 unspecified atom stereocenters. The van der Waals surface area contributed by atoms with E-state index >= 15 is 0 Å². The number of nitrogens with one attached hydrogen (secondary N) is 1. The van der Waals surface area contributed by atoms with Crippen LogP contribution in [-0.4, -0.2) is 42.8 Å². The van der Waals surface area contributed by atoms with E-state index in [0.717, 1.165) is 0 Å². The lowest BCUT2D eigenvalue weighted by Crippen LogP contribution is -2.32. The molecule has 0 saturated carbocycles. The first-order chi connectivity index (χ1) is 8.57. The molecule has 0 bridgehead atoms. The van der Waals surface area contributed by atoms with E-state index in [0.29, 0.717) is 32.4 Å². The molecule has 0 saturated heterocycles. The number of carboxylic acids is 1. The first kappa shape index (κ1) is 16.4. The van der Waals surface area contributed by atoms with Gasteiger partial charge in [0.05, 0.1) is 6.61 Å². The standard InChI is InChI=1S/C12H20N2O4/c1-2-3-4-5-11(15)14-7-9-18-8-6-10(13)12(16)17/h1,10H,3-9,13H2,(H,14,15)(H,16,17). The van der Waals surface area contributed by atoms with Gasteiger partial charge in [0.1, 0.15) is 6.04 Å². The van der Waals surface area contributed by atoms with E-state index in [9.17, 15) is 9.59 Å². The predicted octanol–water partition coefficient (Wildman–Crippen LogP) is -0.275. The molecule has 0 spiro atoms. The van der Waals surface area contributed by atoms with Crippen LogP contribution >= 0.6 is 0 Å². The molecule has 0 aromatic heterocycles. The molecule has 0 fully saturated rings. The van der Waals surface area contributed by atoms with Crippen molar-refractivity contribution in [3.05, 3.63) is 0 Å². The summed E-state index contributed by atoms with van der Waals surface area (Å²) >= 11 is 0. The molecule has 4 N–H and O–H groups in total. The molecular formula is C12H20N2O4. The molecule has 0 aliphatic rings. The van der Waals surface area contributed by atoms with Crippen molar-refractivity contribution in [1.29, 1.82) is 0 Å². The molecular weight excluding hydrogens is 236 g/mol. The molecule has 0 aromatic rings. The van der Waals surface area contributed by atoms with Gasteiger partial charge in [0, 0.05) is 26.0 Å². The minimum atomic E-state index is -1.04. The second kappa shape index (κ2) is 10.6. The minimum Gasteiger partial charge on any atom is -0.480 e. The van der Waals surface area contributed by atoms with Crippen LogP contribution in [0.25, 0.3) is 0 Å². The maximum atomic E-state index is 11.2.